The summed E-state index contributed by atoms with van der Waals surface area (Å²) < 4.78 is 7.23. The van der Waals surface area contributed by atoms with E-state index in [1.54, 1.807) is 7.11 Å². The summed E-state index contributed by atoms with van der Waals surface area (Å²) in [6.07, 6.45) is 0. The highest BCUT2D eigenvalue weighted by Crippen LogP contribution is 2.27. The van der Waals surface area contributed by atoms with Crippen molar-refractivity contribution < 1.29 is 9.53 Å². The van der Waals surface area contributed by atoms with E-state index in [1.807, 2.05) is 65.2 Å². The van der Waals surface area contributed by atoms with Crippen LogP contribution in [0.1, 0.15) is 0 Å². The van der Waals surface area contributed by atoms with Gasteiger partial charge in [-0.2, -0.15) is 0 Å². The van der Waals surface area contributed by atoms with Gasteiger partial charge in [-0.3, -0.25) is 4.79 Å². The molecular weight excluding hydrogens is 346 g/mol. The van der Waals surface area contributed by atoms with Crippen LogP contribution in [0.25, 0.3) is 21.8 Å². The highest BCUT2D eigenvalue weighted by atomic mass is 16.5. The number of carbonyl (C=O) groups excluding carboxylic acids is 1. The van der Waals surface area contributed by atoms with Gasteiger partial charge in [-0.15, -0.1) is 0 Å². The number of rotatable bonds is 6. The van der Waals surface area contributed by atoms with Crippen molar-refractivity contribution in [1.29, 1.82) is 0 Å². The van der Waals surface area contributed by atoms with Gasteiger partial charge in [0.25, 0.3) is 0 Å². The molecule has 0 amide bonds. The molecule has 4 radical (unpaired) electrons. The summed E-state index contributed by atoms with van der Waals surface area (Å²) in [5, 5.41) is 5.16. The Kier molecular flexibility index (Phi) is 4.86. The predicted molar refractivity (Wildman–Crippen MR) is 117 cm³/mol. The van der Waals surface area contributed by atoms with Crippen molar-refractivity contribution in [3.63, 3.8) is 0 Å². The zero-order chi connectivity index (χ0) is 19.7. The van der Waals surface area contributed by atoms with Crippen LogP contribution >= 0.6 is 0 Å². The molecule has 1 aromatic heterocycles. The van der Waals surface area contributed by atoms with Crippen molar-refractivity contribution in [1.82, 2.24) is 4.57 Å². The summed E-state index contributed by atoms with van der Waals surface area (Å²) in [7, 11) is 13.6. The number of aromatic nitrogens is 1. The largest absolute Gasteiger partial charge is 0.497 e. The molecule has 0 aliphatic rings. The molecule has 0 saturated heterocycles. The third-order valence-corrected chi connectivity index (χ3v) is 4.81. The summed E-state index contributed by atoms with van der Waals surface area (Å²) >= 11 is 0. The quantitative estimate of drug-likeness (QED) is 0.533. The lowest BCUT2D eigenvalue weighted by Crippen LogP contribution is -2.19. The highest BCUT2D eigenvalue weighted by Gasteiger charge is 2.13. The van der Waals surface area contributed by atoms with E-state index in [0.29, 0.717) is 10.9 Å². The Balaban J connectivity index is 1.62. The van der Waals surface area contributed by atoms with Crippen LogP contribution in [0.3, 0.4) is 0 Å². The number of fused-ring (bicyclic) bond motifs is 3. The van der Waals surface area contributed by atoms with Crippen LogP contribution in [0.2, 0.25) is 0 Å². The number of benzene rings is 3. The predicted octanol–water partition coefficient (Wildman–Crippen LogP) is 2.07. The molecule has 0 spiro atoms. The van der Waals surface area contributed by atoms with E-state index in [9.17, 15) is 4.79 Å². The Bertz CT molecular complexity index is 1120. The van der Waals surface area contributed by atoms with Gasteiger partial charge in [0.15, 0.2) is 5.78 Å². The first-order valence-electron chi connectivity index (χ1n) is 9.02. The van der Waals surface area contributed by atoms with E-state index >= 15 is 0 Å². The Hall–Kier alpha value is -3.14. The second-order valence-corrected chi connectivity index (χ2v) is 6.76. The van der Waals surface area contributed by atoms with Gasteiger partial charge >= 0.3 is 0 Å². The lowest BCUT2D eigenvalue weighted by atomic mass is 9.92. The van der Waals surface area contributed by atoms with Crippen molar-refractivity contribution >= 4 is 59.9 Å². The first kappa shape index (κ1) is 18.2. The summed E-state index contributed by atoms with van der Waals surface area (Å²) in [6, 6.07) is 18.9. The van der Waals surface area contributed by atoms with Crippen LogP contribution in [-0.2, 0) is 11.3 Å². The third kappa shape index (κ3) is 3.50. The highest BCUT2D eigenvalue weighted by molar-refractivity contribution is 6.35. The van der Waals surface area contributed by atoms with Crippen molar-refractivity contribution in [2.45, 2.75) is 6.54 Å². The van der Waals surface area contributed by atoms with E-state index in [0.717, 1.165) is 33.2 Å². The topological polar surface area (TPSA) is 43.3 Å². The molecule has 28 heavy (non-hydrogen) atoms. The average Bonchev–Trinajstić information content (AvgIpc) is 2.99. The summed E-state index contributed by atoms with van der Waals surface area (Å²) in [5.74, 6) is 0.810. The second-order valence-electron chi connectivity index (χ2n) is 6.76. The minimum absolute atomic E-state index is 0.0651. The minimum atomic E-state index is 0.0651. The molecule has 0 bridgehead atoms. The number of nitrogens with one attached hydrogen (secondary N) is 1. The molecular formula is C22H18B2N2O2. The smallest absolute Gasteiger partial charge is 0.171 e. The van der Waals surface area contributed by atoms with Gasteiger partial charge in [0.1, 0.15) is 21.4 Å². The standard InChI is InChI=1S/C22H18B2N2O2/c1-28-18-4-2-3-16(11-18)25-12-17(27)13-26-21-7-5-14(23)9-19(21)20-10-15(24)6-8-22(20)26/h2-11,25H,12-13H2,1H3. The second kappa shape index (κ2) is 7.47. The molecule has 0 unspecified atom stereocenters. The Labute approximate surface area is 166 Å². The number of ketones is 1. The molecule has 0 aliphatic carbocycles. The summed E-state index contributed by atoms with van der Waals surface area (Å²) in [6.45, 7) is 0.475. The zero-order valence-corrected chi connectivity index (χ0v) is 15.6. The SMILES string of the molecule is [B]c1ccc2c(c1)c1cc([B])ccc1n2CC(=O)CNc1cccc(OC)c1. The lowest BCUT2D eigenvalue weighted by Gasteiger charge is -2.10. The normalized spacial score (nSPS) is 11.0. The molecule has 134 valence electrons. The first-order chi connectivity index (χ1) is 13.5. The van der Waals surface area contributed by atoms with Crippen molar-refractivity contribution in [2.75, 3.05) is 19.0 Å². The van der Waals surface area contributed by atoms with Crippen LogP contribution in [0.5, 0.6) is 5.75 Å². The molecule has 3 aromatic carbocycles. The molecule has 1 heterocycles. The molecule has 6 heteroatoms. The third-order valence-electron chi connectivity index (χ3n) is 4.81. The number of anilines is 1. The number of ether oxygens (including phenoxy) is 1. The number of Topliss-reactive ketones (excluding diaryl/α,β-unsaturated/α-hetero) is 1. The number of nitrogens with zero attached hydrogens (tertiary/aromatic N) is 1. The van der Waals surface area contributed by atoms with Crippen LogP contribution in [0, 0.1) is 0 Å². The number of carbonyl (C=O) groups is 1. The fourth-order valence-electron chi connectivity index (χ4n) is 3.48. The number of hydrogen-bond acceptors (Lipinski definition) is 3. The molecule has 1 N–H and O–H groups in total. The van der Waals surface area contributed by atoms with Gasteiger partial charge in [0.05, 0.1) is 20.2 Å². The monoisotopic (exact) mass is 364 g/mol. The fourth-order valence-corrected chi connectivity index (χ4v) is 3.48. The van der Waals surface area contributed by atoms with Gasteiger partial charge in [0.2, 0.25) is 0 Å². The average molecular weight is 364 g/mol. The Morgan fingerprint density at radius 3 is 2.21 bits per heavy atom. The van der Waals surface area contributed by atoms with E-state index in [1.165, 1.54) is 0 Å². The molecule has 0 fully saturated rings. The van der Waals surface area contributed by atoms with Crippen LogP contribution in [0.15, 0.2) is 60.7 Å². The number of hydrogen-bond donors (Lipinski definition) is 1. The molecule has 0 aliphatic heterocycles. The van der Waals surface area contributed by atoms with Gasteiger partial charge in [-0.05, 0) is 24.3 Å². The minimum Gasteiger partial charge on any atom is -0.497 e. The van der Waals surface area contributed by atoms with E-state index in [-0.39, 0.29) is 18.9 Å². The van der Waals surface area contributed by atoms with Crippen LogP contribution < -0.4 is 21.0 Å². The Morgan fingerprint density at radius 2 is 1.61 bits per heavy atom. The van der Waals surface area contributed by atoms with Gasteiger partial charge in [0, 0.05) is 33.6 Å². The molecule has 0 saturated carbocycles. The Morgan fingerprint density at radius 1 is 0.964 bits per heavy atom. The zero-order valence-electron chi connectivity index (χ0n) is 15.6. The van der Waals surface area contributed by atoms with Gasteiger partial charge in [-0.25, -0.2) is 0 Å². The van der Waals surface area contributed by atoms with Crippen LogP contribution in [0.4, 0.5) is 5.69 Å². The maximum absolute atomic E-state index is 12.7. The first-order valence-corrected chi connectivity index (χ1v) is 9.02. The van der Waals surface area contributed by atoms with E-state index in [2.05, 4.69) is 5.32 Å². The van der Waals surface area contributed by atoms with Crippen molar-refractivity contribution in [3.8, 4) is 5.75 Å². The number of methoxy groups -OCH3 is 1. The maximum Gasteiger partial charge on any atom is 0.171 e. The molecule has 4 rings (SSSR count). The molecule has 4 aromatic rings. The van der Waals surface area contributed by atoms with Crippen molar-refractivity contribution in [3.05, 3.63) is 60.7 Å². The van der Waals surface area contributed by atoms with E-state index in [4.69, 9.17) is 20.4 Å². The summed E-state index contributed by atoms with van der Waals surface area (Å²) in [5.41, 5.74) is 4.13. The van der Waals surface area contributed by atoms with Crippen LogP contribution in [-0.4, -0.2) is 39.7 Å². The maximum atomic E-state index is 12.7. The summed E-state index contributed by atoms with van der Waals surface area (Å²) in [4.78, 5) is 12.7. The van der Waals surface area contributed by atoms with Gasteiger partial charge in [-0.1, -0.05) is 41.3 Å². The molecule has 4 nitrogen and oxygen atoms in total. The lowest BCUT2D eigenvalue weighted by molar-refractivity contribution is -0.117. The van der Waals surface area contributed by atoms with E-state index < -0.39 is 0 Å². The molecule has 0 atom stereocenters. The van der Waals surface area contributed by atoms with Crippen molar-refractivity contribution in [2.24, 2.45) is 0 Å². The fraction of sp³-hybridized carbons (Fsp3) is 0.136. The van der Waals surface area contributed by atoms with Gasteiger partial charge < -0.3 is 14.6 Å².